The highest BCUT2D eigenvalue weighted by molar-refractivity contribution is 5.96. The average molecular weight is 544 g/mol. The Morgan fingerprint density at radius 1 is 1.12 bits per heavy atom. The zero-order valence-corrected chi connectivity index (χ0v) is 22.9. The van der Waals surface area contributed by atoms with Crippen LogP contribution < -0.4 is 21.0 Å². The Morgan fingerprint density at radius 2 is 1.85 bits per heavy atom. The second kappa shape index (κ2) is 10.9. The van der Waals surface area contributed by atoms with Gasteiger partial charge in [0, 0.05) is 74.5 Å². The SMILES string of the molecule is C=N/C(=C\C(=NC)O[C@H]1Cc2cc3ccc(=O)oc3cc2OC1(C)C)c1ccc(N2CCN(C(N)=O)CC2)cc1. The zero-order chi connectivity index (χ0) is 28.4. The Hall–Kier alpha value is -4.60. The fraction of sp³-hybridized carbons (Fsp3) is 0.333. The lowest BCUT2D eigenvalue weighted by Gasteiger charge is -2.39. The lowest BCUT2D eigenvalue weighted by molar-refractivity contribution is -0.0325. The van der Waals surface area contributed by atoms with Gasteiger partial charge in [0.25, 0.3) is 0 Å². The van der Waals surface area contributed by atoms with Gasteiger partial charge in [0.15, 0.2) is 0 Å². The summed E-state index contributed by atoms with van der Waals surface area (Å²) in [4.78, 5) is 35.5. The van der Waals surface area contributed by atoms with Crippen molar-refractivity contribution in [1.29, 1.82) is 0 Å². The molecule has 208 valence electrons. The summed E-state index contributed by atoms with van der Waals surface area (Å²) in [6, 6.07) is 14.5. The van der Waals surface area contributed by atoms with Gasteiger partial charge in [-0.05, 0) is 50.4 Å². The third kappa shape index (κ3) is 5.56. The van der Waals surface area contributed by atoms with E-state index in [9.17, 15) is 9.59 Å². The molecule has 0 saturated carbocycles. The highest BCUT2D eigenvalue weighted by Gasteiger charge is 2.39. The van der Waals surface area contributed by atoms with Gasteiger partial charge in [-0.25, -0.2) is 9.59 Å². The van der Waals surface area contributed by atoms with Crippen LogP contribution in [0.1, 0.15) is 25.0 Å². The van der Waals surface area contributed by atoms with Crippen molar-refractivity contribution in [3.63, 3.8) is 0 Å². The summed E-state index contributed by atoms with van der Waals surface area (Å²) in [5, 5.41) is 0.820. The Labute approximate surface area is 232 Å². The van der Waals surface area contributed by atoms with Crippen LogP contribution in [0.3, 0.4) is 0 Å². The van der Waals surface area contributed by atoms with Gasteiger partial charge in [-0.1, -0.05) is 12.1 Å². The summed E-state index contributed by atoms with van der Waals surface area (Å²) < 4.78 is 18.0. The van der Waals surface area contributed by atoms with Crippen LogP contribution in [-0.2, 0) is 11.2 Å². The third-order valence-electron chi connectivity index (χ3n) is 7.39. The summed E-state index contributed by atoms with van der Waals surface area (Å²) in [6.45, 7) is 10.3. The number of ether oxygens (including phenoxy) is 2. The molecule has 0 spiro atoms. The van der Waals surface area contributed by atoms with Crippen LogP contribution in [0.2, 0.25) is 0 Å². The standard InChI is InChI=1S/C30H33N5O5/c1-30(2)26(16-21-15-20-7-10-28(36)38-24(20)18-25(21)40-30)39-27(33-4)17-23(32-3)19-5-8-22(9-6-19)34-11-13-35(14-12-34)29(31)37/h5-10,15,17-18,26H,3,11-14,16H2,1-2,4H3,(H2,31,37)/b23-17-,33-27?/t26-/m0/s1. The number of primary amides is 1. The van der Waals surface area contributed by atoms with Crippen molar-refractivity contribution in [3.8, 4) is 5.75 Å². The maximum atomic E-state index is 11.6. The molecule has 0 radical (unpaired) electrons. The first-order valence-corrected chi connectivity index (χ1v) is 13.1. The predicted octanol–water partition coefficient (Wildman–Crippen LogP) is 3.86. The molecule has 5 rings (SSSR count). The molecule has 0 aliphatic carbocycles. The van der Waals surface area contributed by atoms with E-state index in [1.165, 1.54) is 6.07 Å². The van der Waals surface area contributed by atoms with Crippen LogP contribution in [0.15, 0.2) is 73.8 Å². The fourth-order valence-corrected chi connectivity index (χ4v) is 5.04. The molecule has 1 fully saturated rings. The summed E-state index contributed by atoms with van der Waals surface area (Å²) >= 11 is 0. The summed E-state index contributed by atoms with van der Waals surface area (Å²) in [6.07, 6.45) is 2.02. The number of piperazine rings is 1. The van der Waals surface area contributed by atoms with Crippen LogP contribution in [-0.4, -0.2) is 68.5 Å². The van der Waals surface area contributed by atoms with Gasteiger partial charge in [0.2, 0.25) is 5.90 Å². The number of urea groups is 1. The summed E-state index contributed by atoms with van der Waals surface area (Å²) in [5.41, 5.74) is 8.32. The van der Waals surface area contributed by atoms with Gasteiger partial charge in [0.1, 0.15) is 23.0 Å². The number of carbonyl (C=O) groups excluding carboxylic acids is 1. The number of carbonyl (C=O) groups is 1. The lowest BCUT2D eigenvalue weighted by atomic mass is 9.90. The van der Waals surface area contributed by atoms with E-state index in [0.29, 0.717) is 42.4 Å². The maximum Gasteiger partial charge on any atom is 0.336 e. The molecule has 1 atom stereocenters. The first-order valence-electron chi connectivity index (χ1n) is 13.1. The Morgan fingerprint density at radius 3 is 2.50 bits per heavy atom. The van der Waals surface area contributed by atoms with Gasteiger partial charge < -0.3 is 29.4 Å². The highest BCUT2D eigenvalue weighted by atomic mass is 16.6. The third-order valence-corrected chi connectivity index (χ3v) is 7.39. The van der Waals surface area contributed by atoms with E-state index in [0.717, 1.165) is 35.3 Å². The molecule has 10 heteroatoms. The molecule has 2 aliphatic rings. The number of rotatable bonds is 5. The Balaban J connectivity index is 1.32. The molecule has 0 unspecified atom stereocenters. The minimum Gasteiger partial charge on any atom is -0.484 e. The summed E-state index contributed by atoms with van der Waals surface area (Å²) in [5.74, 6) is 1.08. The Bertz CT molecular complexity index is 1550. The molecule has 0 bridgehead atoms. The fourth-order valence-electron chi connectivity index (χ4n) is 5.04. The van der Waals surface area contributed by atoms with E-state index in [1.54, 1.807) is 30.2 Å². The van der Waals surface area contributed by atoms with Crippen molar-refractivity contribution >= 4 is 41.0 Å². The molecular formula is C30H33N5O5. The van der Waals surface area contributed by atoms with Crippen molar-refractivity contribution in [3.05, 3.63) is 76.2 Å². The number of fused-ring (bicyclic) bond motifs is 2. The maximum absolute atomic E-state index is 11.6. The average Bonchev–Trinajstić information content (AvgIpc) is 2.94. The number of hydrogen-bond acceptors (Lipinski definition) is 8. The molecule has 1 saturated heterocycles. The van der Waals surface area contributed by atoms with E-state index in [2.05, 4.69) is 21.6 Å². The predicted molar refractivity (Wildman–Crippen MR) is 156 cm³/mol. The second-order valence-corrected chi connectivity index (χ2v) is 10.4. The van der Waals surface area contributed by atoms with Crippen molar-refractivity contribution in [1.82, 2.24) is 4.90 Å². The summed E-state index contributed by atoms with van der Waals surface area (Å²) in [7, 11) is 1.67. The molecule has 2 aliphatic heterocycles. The van der Waals surface area contributed by atoms with Crippen molar-refractivity contribution < 1.29 is 18.7 Å². The van der Waals surface area contributed by atoms with Crippen LogP contribution in [0.4, 0.5) is 10.5 Å². The number of aliphatic imine (C=N–C) groups is 2. The number of hydrogen-bond donors (Lipinski definition) is 1. The molecule has 10 nitrogen and oxygen atoms in total. The van der Waals surface area contributed by atoms with Crippen LogP contribution in [0, 0.1) is 0 Å². The Kier molecular flexibility index (Phi) is 7.34. The first kappa shape index (κ1) is 27.0. The molecule has 2 aromatic carbocycles. The minimum atomic E-state index is -0.679. The van der Waals surface area contributed by atoms with Crippen LogP contribution in [0.5, 0.6) is 5.75 Å². The van der Waals surface area contributed by atoms with E-state index in [1.807, 2.05) is 44.2 Å². The topological polar surface area (TPSA) is 123 Å². The van der Waals surface area contributed by atoms with E-state index in [4.69, 9.17) is 19.6 Å². The molecule has 2 N–H and O–H groups in total. The molecule has 1 aromatic heterocycles. The normalized spacial score (nSPS) is 19.1. The van der Waals surface area contributed by atoms with Gasteiger partial charge in [-0.15, -0.1) is 0 Å². The van der Waals surface area contributed by atoms with Gasteiger partial charge in [-0.3, -0.25) is 9.98 Å². The number of benzene rings is 2. The molecule has 3 aromatic rings. The van der Waals surface area contributed by atoms with E-state index in [-0.39, 0.29) is 12.1 Å². The molecular weight excluding hydrogens is 510 g/mol. The van der Waals surface area contributed by atoms with Gasteiger partial charge in [-0.2, -0.15) is 0 Å². The van der Waals surface area contributed by atoms with Crippen molar-refractivity contribution in [2.24, 2.45) is 15.7 Å². The lowest BCUT2D eigenvalue weighted by Crippen LogP contribution is -2.50. The van der Waals surface area contributed by atoms with Crippen molar-refractivity contribution in [2.75, 3.05) is 38.1 Å². The van der Waals surface area contributed by atoms with E-state index < -0.39 is 11.2 Å². The van der Waals surface area contributed by atoms with E-state index >= 15 is 0 Å². The van der Waals surface area contributed by atoms with Gasteiger partial charge >= 0.3 is 11.7 Å². The number of nitrogens with zero attached hydrogens (tertiary/aromatic N) is 4. The quantitative estimate of drug-likeness (QED) is 0.296. The monoisotopic (exact) mass is 543 g/mol. The first-order chi connectivity index (χ1) is 19.2. The molecule has 3 heterocycles. The van der Waals surface area contributed by atoms with Crippen molar-refractivity contribution in [2.45, 2.75) is 32.0 Å². The van der Waals surface area contributed by atoms with Crippen LogP contribution in [0.25, 0.3) is 16.7 Å². The van der Waals surface area contributed by atoms with Crippen LogP contribution >= 0.6 is 0 Å². The number of anilines is 1. The minimum absolute atomic E-state index is 0.337. The zero-order valence-electron chi connectivity index (χ0n) is 22.9. The number of nitrogens with two attached hydrogens (primary N) is 1. The highest BCUT2D eigenvalue weighted by Crippen LogP contribution is 2.37. The van der Waals surface area contributed by atoms with Gasteiger partial charge in [0.05, 0.1) is 5.70 Å². The smallest absolute Gasteiger partial charge is 0.336 e. The molecule has 40 heavy (non-hydrogen) atoms. The second-order valence-electron chi connectivity index (χ2n) is 10.4. The largest absolute Gasteiger partial charge is 0.484 e. The molecule has 2 amide bonds. The number of amides is 2.